The monoisotopic (exact) mass is 315 g/mol. The summed E-state index contributed by atoms with van der Waals surface area (Å²) in [4.78, 5) is 14.8. The number of halogens is 1. The first-order chi connectivity index (χ1) is 9.65. The first kappa shape index (κ1) is 15.8. The molecule has 3 N–H and O–H groups in total. The maximum Gasteiger partial charge on any atom is 0.220 e. The van der Waals surface area contributed by atoms with E-state index in [4.69, 9.17) is 17.3 Å². The van der Waals surface area contributed by atoms with Gasteiger partial charge in [0.15, 0.2) is 0 Å². The first-order valence-electron chi connectivity index (χ1n) is 7.12. The van der Waals surface area contributed by atoms with E-state index in [9.17, 15) is 4.79 Å². The number of carbonyl (C=O) groups is 1. The Morgan fingerprint density at radius 1 is 1.45 bits per heavy atom. The van der Waals surface area contributed by atoms with Crippen molar-refractivity contribution in [1.29, 1.82) is 0 Å². The average Bonchev–Trinajstić information content (AvgIpc) is 2.84. The summed E-state index contributed by atoms with van der Waals surface area (Å²) >= 11 is 7.51. The number of nitrogens with two attached hydrogens (primary N) is 1. The van der Waals surface area contributed by atoms with E-state index in [1.165, 1.54) is 4.88 Å². The Hall–Kier alpha value is -0.620. The van der Waals surface area contributed by atoms with Gasteiger partial charge in [-0.2, -0.15) is 0 Å². The van der Waals surface area contributed by atoms with E-state index >= 15 is 0 Å². The normalized spacial score (nSPS) is 17.4. The van der Waals surface area contributed by atoms with Crippen molar-refractivity contribution in [2.75, 3.05) is 26.2 Å². The zero-order valence-electron chi connectivity index (χ0n) is 11.6. The van der Waals surface area contributed by atoms with Gasteiger partial charge >= 0.3 is 0 Å². The summed E-state index contributed by atoms with van der Waals surface area (Å²) in [6.07, 6.45) is 2.95. The number of nitrogens with one attached hydrogen (secondary N) is 1. The molecule has 1 amide bonds. The van der Waals surface area contributed by atoms with Crippen LogP contribution in [0.2, 0.25) is 4.34 Å². The number of thiophene rings is 1. The van der Waals surface area contributed by atoms with Crippen LogP contribution in [0, 0.1) is 5.92 Å². The zero-order chi connectivity index (χ0) is 14.4. The van der Waals surface area contributed by atoms with Crippen LogP contribution in [-0.2, 0) is 11.3 Å². The molecule has 0 saturated carbocycles. The fourth-order valence-corrected chi connectivity index (χ4v) is 3.58. The van der Waals surface area contributed by atoms with Crippen LogP contribution in [0.5, 0.6) is 0 Å². The number of carbonyl (C=O) groups excluding carboxylic acids is 1. The van der Waals surface area contributed by atoms with Gasteiger partial charge in [-0.05, 0) is 57.6 Å². The van der Waals surface area contributed by atoms with Crippen molar-refractivity contribution in [3.05, 3.63) is 21.3 Å². The molecule has 6 heteroatoms. The Morgan fingerprint density at radius 3 is 2.80 bits per heavy atom. The Labute approximate surface area is 129 Å². The van der Waals surface area contributed by atoms with Gasteiger partial charge in [0.25, 0.3) is 0 Å². The van der Waals surface area contributed by atoms with Crippen molar-refractivity contribution >= 4 is 28.8 Å². The lowest BCUT2D eigenvalue weighted by molar-refractivity contribution is -0.123. The van der Waals surface area contributed by atoms with E-state index in [2.05, 4.69) is 16.3 Å². The van der Waals surface area contributed by atoms with Gasteiger partial charge in [-0.1, -0.05) is 11.6 Å². The summed E-state index contributed by atoms with van der Waals surface area (Å²) in [6, 6.07) is 4.00. The predicted molar refractivity (Wildman–Crippen MR) is 84.0 cm³/mol. The summed E-state index contributed by atoms with van der Waals surface area (Å²) in [7, 11) is 0. The van der Waals surface area contributed by atoms with Crippen molar-refractivity contribution in [3.8, 4) is 0 Å². The zero-order valence-corrected chi connectivity index (χ0v) is 13.2. The van der Waals surface area contributed by atoms with Crippen LogP contribution >= 0.6 is 22.9 Å². The summed E-state index contributed by atoms with van der Waals surface area (Å²) in [5.74, 6) is -0.0473. The summed E-state index contributed by atoms with van der Waals surface area (Å²) in [5.41, 5.74) is 5.33. The van der Waals surface area contributed by atoms with Crippen molar-refractivity contribution in [2.45, 2.75) is 25.8 Å². The van der Waals surface area contributed by atoms with Crippen molar-refractivity contribution in [3.63, 3.8) is 0 Å². The molecule has 2 heterocycles. The van der Waals surface area contributed by atoms with Crippen molar-refractivity contribution in [1.82, 2.24) is 10.2 Å². The van der Waals surface area contributed by atoms with E-state index in [0.717, 1.165) is 56.3 Å². The SMILES string of the molecule is NC(=O)C1CCN(CCCNCc2ccc(Cl)s2)CC1. The smallest absolute Gasteiger partial charge is 0.220 e. The molecule has 1 aliphatic heterocycles. The van der Waals surface area contributed by atoms with E-state index in [0.29, 0.717) is 0 Å². The molecule has 1 aliphatic rings. The second-order valence-electron chi connectivity index (χ2n) is 5.25. The highest BCUT2D eigenvalue weighted by Gasteiger charge is 2.22. The number of nitrogens with zero attached hydrogens (tertiary/aromatic N) is 1. The Kier molecular flexibility index (Phi) is 6.29. The number of likely N-dealkylation sites (tertiary alicyclic amines) is 1. The topological polar surface area (TPSA) is 58.4 Å². The lowest BCUT2D eigenvalue weighted by Gasteiger charge is -2.30. The molecule has 0 aromatic carbocycles. The molecule has 112 valence electrons. The minimum Gasteiger partial charge on any atom is -0.369 e. The molecule has 0 unspecified atom stereocenters. The molecule has 2 rings (SSSR count). The van der Waals surface area contributed by atoms with Gasteiger partial charge in [0.1, 0.15) is 0 Å². The molecule has 0 radical (unpaired) electrons. The lowest BCUT2D eigenvalue weighted by atomic mass is 9.96. The predicted octanol–water partition coefficient (Wildman–Crippen LogP) is 2.08. The Morgan fingerprint density at radius 2 is 2.20 bits per heavy atom. The Bertz CT molecular complexity index is 430. The number of amides is 1. The minimum atomic E-state index is -0.138. The van der Waals surface area contributed by atoms with E-state index < -0.39 is 0 Å². The van der Waals surface area contributed by atoms with Crippen LogP contribution in [0.1, 0.15) is 24.1 Å². The molecule has 0 spiro atoms. The highest BCUT2D eigenvalue weighted by Crippen LogP contribution is 2.21. The van der Waals surface area contributed by atoms with Crippen LogP contribution in [0.3, 0.4) is 0 Å². The third-order valence-electron chi connectivity index (χ3n) is 3.75. The maximum absolute atomic E-state index is 11.1. The second-order valence-corrected chi connectivity index (χ2v) is 7.05. The lowest BCUT2D eigenvalue weighted by Crippen LogP contribution is -2.39. The first-order valence-corrected chi connectivity index (χ1v) is 8.31. The van der Waals surface area contributed by atoms with E-state index in [1.807, 2.05) is 6.07 Å². The summed E-state index contributed by atoms with van der Waals surface area (Å²) in [6.45, 7) is 4.97. The number of piperidine rings is 1. The van der Waals surface area contributed by atoms with Gasteiger partial charge in [-0.3, -0.25) is 4.79 Å². The van der Waals surface area contributed by atoms with Gasteiger partial charge in [-0.25, -0.2) is 0 Å². The standard InChI is InChI=1S/C14H22ClN3OS/c15-13-3-2-12(20-13)10-17-6-1-7-18-8-4-11(5-9-18)14(16)19/h2-3,11,17H,1,4-10H2,(H2,16,19). The van der Waals surface area contributed by atoms with Crippen molar-refractivity contribution < 1.29 is 4.79 Å². The average molecular weight is 316 g/mol. The molecular formula is C14H22ClN3OS. The molecule has 1 aromatic heterocycles. The van der Waals surface area contributed by atoms with Gasteiger partial charge in [0.05, 0.1) is 4.34 Å². The molecule has 20 heavy (non-hydrogen) atoms. The van der Waals surface area contributed by atoms with Gasteiger partial charge < -0.3 is 16.0 Å². The van der Waals surface area contributed by atoms with Gasteiger partial charge in [-0.15, -0.1) is 11.3 Å². The molecule has 1 fully saturated rings. The number of hydrogen-bond acceptors (Lipinski definition) is 4. The van der Waals surface area contributed by atoms with Crippen LogP contribution in [0.25, 0.3) is 0 Å². The van der Waals surface area contributed by atoms with Crippen LogP contribution in [0.15, 0.2) is 12.1 Å². The quantitative estimate of drug-likeness (QED) is 0.757. The summed E-state index contributed by atoms with van der Waals surface area (Å²) < 4.78 is 0.846. The van der Waals surface area contributed by atoms with Crippen molar-refractivity contribution in [2.24, 2.45) is 11.7 Å². The largest absolute Gasteiger partial charge is 0.369 e. The number of primary amides is 1. The number of rotatable bonds is 7. The van der Waals surface area contributed by atoms with E-state index in [1.54, 1.807) is 11.3 Å². The van der Waals surface area contributed by atoms with Gasteiger partial charge in [0.2, 0.25) is 5.91 Å². The minimum absolute atomic E-state index is 0.0907. The van der Waals surface area contributed by atoms with Crippen LogP contribution < -0.4 is 11.1 Å². The Balaban J connectivity index is 1.52. The highest BCUT2D eigenvalue weighted by atomic mass is 35.5. The highest BCUT2D eigenvalue weighted by molar-refractivity contribution is 7.16. The van der Waals surface area contributed by atoms with E-state index in [-0.39, 0.29) is 11.8 Å². The molecule has 0 bridgehead atoms. The molecule has 4 nitrogen and oxygen atoms in total. The summed E-state index contributed by atoms with van der Waals surface area (Å²) in [5, 5.41) is 3.43. The maximum atomic E-state index is 11.1. The third kappa shape index (κ3) is 5.05. The van der Waals surface area contributed by atoms with Crippen LogP contribution in [0.4, 0.5) is 0 Å². The van der Waals surface area contributed by atoms with Gasteiger partial charge in [0, 0.05) is 17.3 Å². The molecule has 1 saturated heterocycles. The molecule has 0 atom stereocenters. The molecule has 0 aliphatic carbocycles. The molecular weight excluding hydrogens is 294 g/mol. The fraction of sp³-hybridized carbons (Fsp3) is 0.643. The van der Waals surface area contributed by atoms with Crippen LogP contribution in [-0.4, -0.2) is 37.0 Å². The second kappa shape index (κ2) is 7.98. The molecule has 1 aromatic rings. The number of hydrogen-bond donors (Lipinski definition) is 2. The third-order valence-corrected chi connectivity index (χ3v) is 4.98. The fourth-order valence-electron chi connectivity index (χ4n) is 2.53.